The van der Waals surface area contributed by atoms with Crippen molar-refractivity contribution in [3.63, 3.8) is 0 Å². The van der Waals surface area contributed by atoms with Crippen molar-refractivity contribution in [2.75, 3.05) is 13.1 Å². The summed E-state index contributed by atoms with van der Waals surface area (Å²) in [7, 11) is 0. The molecule has 1 aromatic heterocycles. The lowest BCUT2D eigenvalue weighted by molar-refractivity contribution is 0.114. The van der Waals surface area contributed by atoms with Crippen molar-refractivity contribution in [2.45, 2.75) is 39.3 Å². The van der Waals surface area contributed by atoms with Crippen LogP contribution in [0.3, 0.4) is 0 Å². The van der Waals surface area contributed by atoms with E-state index in [0.29, 0.717) is 6.04 Å². The number of likely N-dealkylation sites (tertiary alicyclic amines) is 1. The van der Waals surface area contributed by atoms with Crippen molar-refractivity contribution in [2.24, 2.45) is 11.7 Å². The number of hydrogen-bond acceptors (Lipinski definition) is 4. The topological polar surface area (TPSA) is 42.2 Å². The van der Waals surface area contributed by atoms with Gasteiger partial charge in [-0.3, -0.25) is 4.90 Å². The third kappa shape index (κ3) is 2.81. The van der Waals surface area contributed by atoms with Crippen LogP contribution in [0.15, 0.2) is 5.38 Å². The Bertz CT molecular complexity index is 337. The third-order valence-corrected chi connectivity index (χ3v) is 4.23. The molecule has 0 bridgehead atoms. The summed E-state index contributed by atoms with van der Waals surface area (Å²) in [5.74, 6) is 0.821. The van der Waals surface area contributed by atoms with E-state index in [4.69, 9.17) is 5.73 Å². The maximum Gasteiger partial charge on any atom is 0.0897 e. The maximum atomic E-state index is 5.86. The van der Waals surface area contributed by atoms with Gasteiger partial charge in [0.25, 0.3) is 0 Å². The van der Waals surface area contributed by atoms with Crippen LogP contribution in [0, 0.1) is 12.8 Å². The maximum absolute atomic E-state index is 5.86. The van der Waals surface area contributed by atoms with Crippen molar-refractivity contribution in [3.05, 3.63) is 16.1 Å². The number of hydrogen-bond donors (Lipinski definition) is 1. The van der Waals surface area contributed by atoms with E-state index in [1.54, 1.807) is 11.3 Å². The smallest absolute Gasteiger partial charge is 0.0897 e. The summed E-state index contributed by atoms with van der Waals surface area (Å²) < 4.78 is 0. The van der Waals surface area contributed by atoms with Crippen molar-refractivity contribution < 1.29 is 0 Å². The molecule has 1 aromatic rings. The Labute approximate surface area is 102 Å². The highest BCUT2D eigenvalue weighted by atomic mass is 32.1. The van der Waals surface area contributed by atoms with Crippen LogP contribution in [0.1, 0.15) is 30.5 Å². The van der Waals surface area contributed by atoms with Gasteiger partial charge in [-0.25, -0.2) is 4.98 Å². The first-order chi connectivity index (χ1) is 7.69. The minimum absolute atomic E-state index is 0.547. The Morgan fingerprint density at radius 3 is 3.06 bits per heavy atom. The zero-order chi connectivity index (χ0) is 11.5. The number of thiazole rings is 1. The lowest BCUT2D eigenvalue weighted by Crippen LogP contribution is -2.45. The second-order valence-electron chi connectivity index (χ2n) is 4.85. The fourth-order valence-electron chi connectivity index (χ4n) is 2.44. The van der Waals surface area contributed by atoms with Crippen LogP contribution in [0.2, 0.25) is 0 Å². The monoisotopic (exact) mass is 239 g/mol. The van der Waals surface area contributed by atoms with Gasteiger partial charge in [0, 0.05) is 24.5 Å². The lowest BCUT2D eigenvalue weighted by atomic mass is 9.92. The van der Waals surface area contributed by atoms with Gasteiger partial charge in [-0.15, -0.1) is 11.3 Å². The third-order valence-electron chi connectivity index (χ3n) is 3.40. The standard InChI is InChI=1S/C12H21N3S/c1-9-3-4-15(12(5-9)6-13)7-11-8-16-10(2)14-11/h8-9,12H,3-7,13H2,1-2H3. The van der Waals surface area contributed by atoms with Crippen LogP contribution in [-0.2, 0) is 6.54 Å². The van der Waals surface area contributed by atoms with Crippen LogP contribution in [0.5, 0.6) is 0 Å². The molecule has 1 aliphatic heterocycles. The van der Waals surface area contributed by atoms with Crippen molar-refractivity contribution in [1.82, 2.24) is 9.88 Å². The molecule has 0 saturated carbocycles. The zero-order valence-corrected chi connectivity index (χ0v) is 11.0. The summed E-state index contributed by atoms with van der Waals surface area (Å²) in [4.78, 5) is 7.02. The fourth-order valence-corrected chi connectivity index (χ4v) is 3.05. The molecule has 16 heavy (non-hydrogen) atoms. The minimum atomic E-state index is 0.547. The Balaban J connectivity index is 1.97. The molecule has 1 aliphatic rings. The largest absolute Gasteiger partial charge is 0.329 e. The lowest BCUT2D eigenvalue weighted by Gasteiger charge is -2.37. The van der Waals surface area contributed by atoms with Crippen LogP contribution in [0.25, 0.3) is 0 Å². The molecule has 2 heterocycles. The van der Waals surface area contributed by atoms with E-state index < -0.39 is 0 Å². The minimum Gasteiger partial charge on any atom is -0.329 e. The molecule has 0 amide bonds. The van der Waals surface area contributed by atoms with Crippen molar-refractivity contribution >= 4 is 11.3 Å². The summed E-state index contributed by atoms with van der Waals surface area (Å²) >= 11 is 1.73. The van der Waals surface area contributed by atoms with Gasteiger partial charge in [0.1, 0.15) is 0 Å². The average Bonchev–Trinajstić information content (AvgIpc) is 2.67. The van der Waals surface area contributed by atoms with Gasteiger partial charge >= 0.3 is 0 Å². The molecule has 1 saturated heterocycles. The highest BCUT2D eigenvalue weighted by molar-refractivity contribution is 7.09. The number of aromatic nitrogens is 1. The first kappa shape index (κ1) is 12.0. The molecule has 0 radical (unpaired) electrons. The zero-order valence-electron chi connectivity index (χ0n) is 10.1. The Morgan fingerprint density at radius 2 is 2.44 bits per heavy atom. The van der Waals surface area contributed by atoms with Crippen LogP contribution in [0.4, 0.5) is 0 Å². The molecule has 1 fully saturated rings. The van der Waals surface area contributed by atoms with E-state index in [1.165, 1.54) is 25.1 Å². The number of rotatable bonds is 3. The van der Waals surface area contributed by atoms with Gasteiger partial charge in [-0.05, 0) is 32.2 Å². The van der Waals surface area contributed by atoms with E-state index in [2.05, 4.69) is 29.1 Å². The Morgan fingerprint density at radius 1 is 1.62 bits per heavy atom. The second kappa shape index (κ2) is 5.25. The molecule has 0 aromatic carbocycles. The summed E-state index contributed by atoms with van der Waals surface area (Å²) in [6, 6.07) is 0.547. The number of nitrogens with two attached hydrogens (primary N) is 1. The van der Waals surface area contributed by atoms with Crippen molar-refractivity contribution in [1.29, 1.82) is 0 Å². The van der Waals surface area contributed by atoms with Crippen LogP contribution < -0.4 is 5.73 Å². The molecule has 3 nitrogen and oxygen atoms in total. The van der Waals surface area contributed by atoms with E-state index in [0.717, 1.165) is 24.0 Å². The highest BCUT2D eigenvalue weighted by Crippen LogP contribution is 2.23. The molecule has 0 aliphatic carbocycles. The molecule has 2 rings (SSSR count). The summed E-state index contributed by atoms with van der Waals surface area (Å²) in [6.07, 6.45) is 2.53. The van der Waals surface area contributed by atoms with Gasteiger partial charge in [0.15, 0.2) is 0 Å². The van der Waals surface area contributed by atoms with Gasteiger partial charge in [-0.2, -0.15) is 0 Å². The number of piperidine rings is 1. The molecule has 90 valence electrons. The van der Waals surface area contributed by atoms with Gasteiger partial charge in [-0.1, -0.05) is 6.92 Å². The fraction of sp³-hybridized carbons (Fsp3) is 0.750. The van der Waals surface area contributed by atoms with E-state index in [9.17, 15) is 0 Å². The predicted molar refractivity (Wildman–Crippen MR) is 68.5 cm³/mol. The summed E-state index contributed by atoms with van der Waals surface area (Å²) in [5, 5.41) is 3.32. The SMILES string of the molecule is Cc1nc(CN2CCC(C)CC2CN)cs1. The second-order valence-corrected chi connectivity index (χ2v) is 5.91. The van der Waals surface area contributed by atoms with E-state index in [1.807, 2.05) is 0 Å². The first-order valence-electron chi connectivity index (χ1n) is 6.04. The van der Waals surface area contributed by atoms with Gasteiger partial charge in [0.2, 0.25) is 0 Å². The molecular weight excluding hydrogens is 218 g/mol. The first-order valence-corrected chi connectivity index (χ1v) is 6.92. The van der Waals surface area contributed by atoms with Crippen molar-refractivity contribution in [3.8, 4) is 0 Å². The van der Waals surface area contributed by atoms with E-state index in [-0.39, 0.29) is 0 Å². The normalized spacial score (nSPS) is 27.2. The average molecular weight is 239 g/mol. The molecule has 4 heteroatoms. The van der Waals surface area contributed by atoms with Gasteiger partial charge < -0.3 is 5.73 Å². The molecular formula is C12H21N3S. The molecule has 0 spiro atoms. The van der Waals surface area contributed by atoms with E-state index >= 15 is 0 Å². The molecule has 2 atom stereocenters. The summed E-state index contributed by atoms with van der Waals surface area (Å²) in [5.41, 5.74) is 7.06. The Hall–Kier alpha value is -0.450. The van der Waals surface area contributed by atoms with Gasteiger partial charge in [0.05, 0.1) is 10.7 Å². The molecule has 2 unspecified atom stereocenters. The van der Waals surface area contributed by atoms with Crippen LogP contribution in [-0.4, -0.2) is 29.0 Å². The number of aryl methyl sites for hydroxylation is 1. The number of nitrogens with zero attached hydrogens (tertiary/aromatic N) is 2. The summed E-state index contributed by atoms with van der Waals surface area (Å²) in [6.45, 7) is 7.30. The quantitative estimate of drug-likeness (QED) is 0.877. The predicted octanol–water partition coefficient (Wildman–Crippen LogP) is 2.01. The Kier molecular flexibility index (Phi) is 3.95. The molecule has 2 N–H and O–H groups in total. The highest BCUT2D eigenvalue weighted by Gasteiger charge is 2.25. The van der Waals surface area contributed by atoms with Crippen LogP contribution >= 0.6 is 11.3 Å².